The summed E-state index contributed by atoms with van der Waals surface area (Å²) >= 11 is 0. The van der Waals surface area contributed by atoms with Gasteiger partial charge in [0.2, 0.25) is 5.91 Å². The van der Waals surface area contributed by atoms with Gasteiger partial charge in [-0.25, -0.2) is 0 Å². The van der Waals surface area contributed by atoms with Crippen LogP contribution in [0.15, 0.2) is 0 Å². The second-order valence-corrected chi connectivity index (χ2v) is 5.24. The van der Waals surface area contributed by atoms with Crippen molar-refractivity contribution in [1.82, 2.24) is 9.80 Å². The molecule has 2 fully saturated rings. The second-order valence-electron chi connectivity index (χ2n) is 5.24. The lowest BCUT2D eigenvalue weighted by Gasteiger charge is -2.39. The molecular weight excluding hydrogens is 246 g/mol. The number of amides is 1. The first-order valence-electron chi connectivity index (χ1n) is 7.07. The number of likely N-dealkylation sites (tertiary alicyclic amines) is 1. The SMILES string of the molecule is COC1CCN(CC(=O)N2CCOCC2)C(CN)C1. The Labute approximate surface area is 114 Å². The smallest absolute Gasteiger partial charge is 0.236 e. The molecule has 2 aliphatic heterocycles. The summed E-state index contributed by atoms with van der Waals surface area (Å²) in [5.41, 5.74) is 5.82. The largest absolute Gasteiger partial charge is 0.381 e. The Morgan fingerprint density at radius 1 is 1.37 bits per heavy atom. The summed E-state index contributed by atoms with van der Waals surface area (Å²) in [4.78, 5) is 16.3. The molecule has 6 nitrogen and oxygen atoms in total. The fourth-order valence-corrected chi connectivity index (χ4v) is 2.82. The van der Waals surface area contributed by atoms with Crippen molar-refractivity contribution in [2.75, 3.05) is 53.0 Å². The molecule has 2 saturated heterocycles. The van der Waals surface area contributed by atoms with Crippen LogP contribution in [0.25, 0.3) is 0 Å². The van der Waals surface area contributed by atoms with E-state index in [0.29, 0.717) is 39.4 Å². The third-order valence-electron chi connectivity index (χ3n) is 4.10. The van der Waals surface area contributed by atoms with Crippen molar-refractivity contribution in [2.45, 2.75) is 25.0 Å². The van der Waals surface area contributed by atoms with E-state index in [1.165, 1.54) is 0 Å². The van der Waals surface area contributed by atoms with Crippen LogP contribution in [0.1, 0.15) is 12.8 Å². The molecular formula is C13H25N3O3. The van der Waals surface area contributed by atoms with Gasteiger partial charge in [-0.2, -0.15) is 0 Å². The minimum atomic E-state index is 0.192. The molecule has 2 heterocycles. The topological polar surface area (TPSA) is 68.0 Å². The van der Waals surface area contributed by atoms with E-state index in [-0.39, 0.29) is 18.1 Å². The van der Waals surface area contributed by atoms with E-state index in [0.717, 1.165) is 19.4 Å². The monoisotopic (exact) mass is 271 g/mol. The first-order chi connectivity index (χ1) is 9.24. The van der Waals surface area contributed by atoms with E-state index in [1.807, 2.05) is 4.90 Å². The average molecular weight is 271 g/mol. The lowest BCUT2D eigenvalue weighted by atomic mass is 9.99. The molecule has 2 aliphatic rings. The van der Waals surface area contributed by atoms with E-state index in [1.54, 1.807) is 7.11 Å². The van der Waals surface area contributed by atoms with Crippen LogP contribution in [0, 0.1) is 0 Å². The van der Waals surface area contributed by atoms with Crippen molar-refractivity contribution in [1.29, 1.82) is 0 Å². The van der Waals surface area contributed by atoms with E-state index in [4.69, 9.17) is 15.2 Å². The van der Waals surface area contributed by atoms with Crippen molar-refractivity contribution < 1.29 is 14.3 Å². The number of piperidine rings is 1. The van der Waals surface area contributed by atoms with E-state index in [9.17, 15) is 4.79 Å². The summed E-state index contributed by atoms with van der Waals surface area (Å²) in [7, 11) is 1.74. The van der Waals surface area contributed by atoms with E-state index >= 15 is 0 Å². The lowest BCUT2D eigenvalue weighted by molar-refractivity contribution is -0.138. The molecule has 2 atom stereocenters. The maximum Gasteiger partial charge on any atom is 0.236 e. The molecule has 0 spiro atoms. The molecule has 110 valence electrons. The summed E-state index contributed by atoms with van der Waals surface area (Å²) < 4.78 is 10.7. The van der Waals surface area contributed by atoms with Crippen LogP contribution < -0.4 is 5.73 Å². The number of hydrogen-bond donors (Lipinski definition) is 1. The number of morpholine rings is 1. The zero-order chi connectivity index (χ0) is 13.7. The molecule has 2 unspecified atom stereocenters. The second kappa shape index (κ2) is 7.19. The minimum absolute atomic E-state index is 0.192. The molecule has 6 heteroatoms. The first-order valence-corrected chi connectivity index (χ1v) is 7.07. The highest BCUT2D eigenvalue weighted by molar-refractivity contribution is 5.78. The van der Waals surface area contributed by atoms with Crippen molar-refractivity contribution in [3.63, 3.8) is 0 Å². The first kappa shape index (κ1) is 14.7. The molecule has 2 rings (SSSR count). The van der Waals surface area contributed by atoms with Crippen molar-refractivity contribution >= 4 is 5.91 Å². The fraction of sp³-hybridized carbons (Fsp3) is 0.923. The predicted octanol–water partition coefficient (Wildman–Crippen LogP) is -0.717. The van der Waals surface area contributed by atoms with Crippen molar-refractivity contribution in [3.05, 3.63) is 0 Å². The number of nitrogens with two attached hydrogens (primary N) is 1. The quantitative estimate of drug-likeness (QED) is 0.731. The highest BCUT2D eigenvalue weighted by Crippen LogP contribution is 2.19. The number of carbonyl (C=O) groups excluding carboxylic acids is 1. The molecule has 1 amide bonds. The van der Waals surface area contributed by atoms with Gasteiger partial charge in [-0.15, -0.1) is 0 Å². The number of nitrogens with zero attached hydrogens (tertiary/aromatic N) is 2. The van der Waals surface area contributed by atoms with Crippen molar-refractivity contribution in [2.24, 2.45) is 5.73 Å². The van der Waals surface area contributed by atoms with Gasteiger partial charge >= 0.3 is 0 Å². The van der Waals surface area contributed by atoms with Crippen LogP contribution in [0.5, 0.6) is 0 Å². The summed E-state index contributed by atoms with van der Waals surface area (Å²) in [5, 5.41) is 0. The normalized spacial score (nSPS) is 29.5. The Balaban J connectivity index is 1.84. The lowest BCUT2D eigenvalue weighted by Crippen LogP contribution is -2.53. The third kappa shape index (κ3) is 3.89. The highest BCUT2D eigenvalue weighted by atomic mass is 16.5. The van der Waals surface area contributed by atoms with Crippen LogP contribution in [0.2, 0.25) is 0 Å². The van der Waals surface area contributed by atoms with E-state index in [2.05, 4.69) is 4.90 Å². The van der Waals surface area contributed by atoms with Gasteiger partial charge in [0.15, 0.2) is 0 Å². The maximum absolute atomic E-state index is 12.2. The summed E-state index contributed by atoms with van der Waals surface area (Å²) in [5.74, 6) is 0.192. The van der Waals surface area contributed by atoms with Gasteiger partial charge in [0, 0.05) is 39.3 Å². The Morgan fingerprint density at radius 3 is 2.74 bits per heavy atom. The Hall–Kier alpha value is -0.690. The van der Waals surface area contributed by atoms with Crippen LogP contribution in [-0.4, -0.2) is 80.9 Å². The number of rotatable bonds is 4. The van der Waals surface area contributed by atoms with Crippen LogP contribution in [-0.2, 0) is 14.3 Å². The van der Waals surface area contributed by atoms with Gasteiger partial charge in [-0.1, -0.05) is 0 Å². The zero-order valence-electron chi connectivity index (χ0n) is 11.7. The zero-order valence-corrected chi connectivity index (χ0v) is 11.7. The molecule has 2 N–H and O–H groups in total. The molecule has 0 aliphatic carbocycles. The summed E-state index contributed by atoms with van der Waals surface area (Å²) in [6, 6.07) is 0.253. The number of methoxy groups -OCH3 is 1. The van der Waals surface area contributed by atoms with Gasteiger partial charge in [-0.3, -0.25) is 9.69 Å². The molecule has 0 saturated carbocycles. The molecule has 0 aromatic carbocycles. The maximum atomic E-state index is 12.2. The molecule has 0 aromatic rings. The van der Waals surface area contributed by atoms with E-state index < -0.39 is 0 Å². The predicted molar refractivity (Wildman–Crippen MR) is 71.8 cm³/mol. The standard InChI is InChI=1S/C13H25N3O3/c1-18-12-2-3-16(11(8-12)9-14)10-13(17)15-4-6-19-7-5-15/h11-12H,2-10,14H2,1H3. The van der Waals surface area contributed by atoms with Gasteiger partial charge in [0.05, 0.1) is 25.9 Å². The van der Waals surface area contributed by atoms with Gasteiger partial charge in [-0.05, 0) is 12.8 Å². The Morgan fingerprint density at radius 2 is 2.11 bits per heavy atom. The minimum Gasteiger partial charge on any atom is -0.381 e. The fourth-order valence-electron chi connectivity index (χ4n) is 2.82. The van der Waals surface area contributed by atoms with Crippen LogP contribution in [0.4, 0.5) is 0 Å². The summed E-state index contributed by atoms with van der Waals surface area (Å²) in [6.45, 7) is 4.65. The number of carbonyl (C=O) groups is 1. The summed E-state index contributed by atoms with van der Waals surface area (Å²) in [6.07, 6.45) is 2.18. The Kier molecular flexibility index (Phi) is 5.57. The molecule has 0 radical (unpaired) electrons. The highest BCUT2D eigenvalue weighted by Gasteiger charge is 2.30. The van der Waals surface area contributed by atoms with Gasteiger partial charge in [0.1, 0.15) is 0 Å². The Bertz CT molecular complexity index is 295. The molecule has 0 bridgehead atoms. The van der Waals surface area contributed by atoms with Gasteiger partial charge in [0.25, 0.3) is 0 Å². The average Bonchev–Trinajstić information content (AvgIpc) is 2.48. The molecule has 19 heavy (non-hydrogen) atoms. The van der Waals surface area contributed by atoms with Crippen molar-refractivity contribution in [3.8, 4) is 0 Å². The number of hydrogen-bond acceptors (Lipinski definition) is 5. The molecule has 0 aromatic heterocycles. The van der Waals surface area contributed by atoms with Crippen LogP contribution >= 0.6 is 0 Å². The van der Waals surface area contributed by atoms with Gasteiger partial charge < -0.3 is 20.1 Å². The number of ether oxygens (including phenoxy) is 2. The van der Waals surface area contributed by atoms with Crippen LogP contribution in [0.3, 0.4) is 0 Å². The third-order valence-corrected chi connectivity index (χ3v) is 4.10.